The summed E-state index contributed by atoms with van der Waals surface area (Å²) in [5.41, 5.74) is 1.39. The summed E-state index contributed by atoms with van der Waals surface area (Å²) in [5, 5.41) is 0. The van der Waals surface area contributed by atoms with Gasteiger partial charge in [-0.2, -0.15) is 11.8 Å². The van der Waals surface area contributed by atoms with Gasteiger partial charge >= 0.3 is 0 Å². The molecule has 3 heterocycles. The largest absolute Gasteiger partial charge is 0.369 e. The molecule has 0 N–H and O–H groups in total. The molecule has 1 aromatic carbocycles. The molecule has 3 aliphatic rings. The van der Waals surface area contributed by atoms with Crippen LogP contribution in [0.15, 0.2) is 30.3 Å². The van der Waals surface area contributed by atoms with Gasteiger partial charge in [0.25, 0.3) is 0 Å². The molecule has 4 rings (SSSR count). The van der Waals surface area contributed by atoms with Crippen molar-refractivity contribution in [1.29, 1.82) is 0 Å². The molecule has 0 spiro atoms. The number of anilines is 1. The minimum absolute atomic E-state index is 0.832. The van der Waals surface area contributed by atoms with Crippen LogP contribution in [-0.4, -0.2) is 72.7 Å². The number of hydrogen-bond acceptors (Lipinski definition) is 4. The molecule has 1 atom stereocenters. The van der Waals surface area contributed by atoms with E-state index in [1.165, 1.54) is 75.7 Å². The van der Waals surface area contributed by atoms with Crippen molar-refractivity contribution >= 4 is 17.4 Å². The lowest BCUT2D eigenvalue weighted by atomic mass is 10.0. The first-order valence-corrected chi connectivity index (χ1v) is 10.4. The van der Waals surface area contributed by atoms with Gasteiger partial charge in [-0.25, -0.2) is 0 Å². The van der Waals surface area contributed by atoms with Gasteiger partial charge in [0.05, 0.1) is 0 Å². The molecule has 0 amide bonds. The normalized spacial score (nSPS) is 28.3. The lowest BCUT2D eigenvalue weighted by molar-refractivity contribution is 0.0858. The van der Waals surface area contributed by atoms with Crippen LogP contribution in [0.5, 0.6) is 0 Å². The Morgan fingerprint density at radius 2 is 1.43 bits per heavy atom. The maximum Gasteiger partial charge on any atom is 0.0367 e. The van der Waals surface area contributed by atoms with Gasteiger partial charge < -0.3 is 4.90 Å². The lowest BCUT2D eigenvalue weighted by Crippen LogP contribution is -2.54. The fraction of sp³-hybridized carbons (Fsp3) is 0.684. The highest BCUT2D eigenvalue weighted by Crippen LogP contribution is 2.27. The van der Waals surface area contributed by atoms with E-state index in [1.807, 2.05) is 0 Å². The summed E-state index contributed by atoms with van der Waals surface area (Å²) >= 11 is 2.15. The Labute approximate surface area is 145 Å². The number of nitrogens with zero attached hydrogens (tertiary/aromatic N) is 3. The minimum Gasteiger partial charge on any atom is -0.369 e. The molecule has 0 radical (unpaired) electrons. The quantitative estimate of drug-likeness (QED) is 0.842. The van der Waals surface area contributed by atoms with E-state index >= 15 is 0 Å². The SMILES string of the molecule is c1ccc(N2CCN(C3CCN(C4CCSC4)CC3)CC2)cc1. The van der Waals surface area contributed by atoms with Gasteiger partial charge in [-0.15, -0.1) is 0 Å². The van der Waals surface area contributed by atoms with E-state index in [9.17, 15) is 0 Å². The second-order valence-electron chi connectivity index (χ2n) is 7.14. The molecule has 0 aromatic heterocycles. The van der Waals surface area contributed by atoms with Gasteiger partial charge in [-0.05, 0) is 50.2 Å². The minimum atomic E-state index is 0.832. The molecule has 4 heteroatoms. The van der Waals surface area contributed by atoms with Crippen molar-refractivity contribution in [3.63, 3.8) is 0 Å². The van der Waals surface area contributed by atoms with Crippen LogP contribution in [0.25, 0.3) is 0 Å². The summed E-state index contributed by atoms with van der Waals surface area (Å²) < 4.78 is 0. The van der Waals surface area contributed by atoms with Crippen molar-refractivity contribution in [2.24, 2.45) is 0 Å². The highest BCUT2D eigenvalue weighted by atomic mass is 32.2. The zero-order chi connectivity index (χ0) is 15.5. The summed E-state index contributed by atoms with van der Waals surface area (Å²) in [6, 6.07) is 12.6. The Kier molecular flexibility index (Phi) is 5.12. The number of para-hydroxylation sites is 1. The predicted octanol–water partition coefficient (Wildman–Crippen LogP) is 2.78. The van der Waals surface area contributed by atoms with Crippen molar-refractivity contribution in [2.45, 2.75) is 31.3 Å². The summed E-state index contributed by atoms with van der Waals surface area (Å²) in [7, 11) is 0. The van der Waals surface area contributed by atoms with Gasteiger partial charge in [0, 0.05) is 49.7 Å². The number of hydrogen-bond donors (Lipinski definition) is 0. The number of thioether (sulfide) groups is 1. The molecule has 3 nitrogen and oxygen atoms in total. The molecular formula is C19H29N3S. The molecule has 3 saturated heterocycles. The maximum absolute atomic E-state index is 2.77. The number of rotatable bonds is 3. The topological polar surface area (TPSA) is 9.72 Å². The summed E-state index contributed by atoms with van der Waals surface area (Å²) in [6.07, 6.45) is 4.18. The summed E-state index contributed by atoms with van der Waals surface area (Å²) in [5.74, 6) is 2.76. The summed E-state index contributed by atoms with van der Waals surface area (Å²) in [6.45, 7) is 7.49. The van der Waals surface area contributed by atoms with Crippen LogP contribution in [0.4, 0.5) is 5.69 Å². The van der Waals surface area contributed by atoms with Gasteiger partial charge in [-0.1, -0.05) is 18.2 Å². The third-order valence-corrected chi connectivity index (χ3v) is 7.02. The lowest BCUT2D eigenvalue weighted by Gasteiger charge is -2.44. The molecule has 3 aliphatic heterocycles. The van der Waals surface area contributed by atoms with Crippen molar-refractivity contribution in [1.82, 2.24) is 9.80 Å². The Morgan fingerprint density at radius 1 is 0.739 bits per heavy atom. The zero-order valence-electron chi connectivity index (χ0n) is 14.1. The van der Waals surface area contributed by atoms with E-state index in [1.54, 1.807) is 0 Å². The number of piperazine rings is 1. The van der Waals surface area contributed by atoms with Crippen molar-refractivity contribution in [3.8, 4) is 0 Å². The van der Waals surface area contributed by atoms with E-state index in [4.69, 9.17) is 0 Å². The van der Waals surface area contributed by atoms with Crippen LogP contribution in [0.3, 0.4) is 0 Å². The van der Waals surface area contributed by atoms with Crippen LogP contribution in [-0.2, 0) is 0 Å². The first kappa shape index (κ1) is 15.8. The predicted molar refractivity (Wildman–Crippen MR) is 101 cm³/mol. The first-order chi connectivity index (χ1) is 11.4. The van der Waals surface area contributed by atoms with Gasteiger partial charge in [-0.3, -0.25) is 9.80 Å². The Bertz CT molecular complexity index is 473. The van der Waals surface area contributed by atoms with Crippen LogP contribution in [0.2, 0.25) is 0 Å². The van der Waals surface area contributed by atoms with E-state index in [0.717, 1.165) is 12.1 Å². The highest BCUT2D eigenvalue weighted by molar-refractivity contribution is 7.99. The van der Waals surface area contributed by atoms with Gasteiger partial charge in [0.2, 0.25) is 0 Å². The molecule has 3 fully saturated rings. The molecule has 1 aromatic rings. The van der Waals surface area contributed by atoms with E-state index < -0.39 is 0 Å². The smallest absolute Gasteiger partial charge is 0.0367 e. The van der Waals surface area contributed by atoms with Crippen LogP contribution >= 0.6 is 11.8 Å². The fourth-order valence-corrected chi connectivity index (χ4v) is 5.67. The maximum atomic E-state index is 2.77. The second-order valence-corrected chi connectivity index (χ2v) is 8.29. The van der Waals surface area contributed by atoms with E-state index in [2.05, 4.69) is 56.8 Å². The van der Waals surface area contributed by atoms with Crippen molar-refractivity contribution < 1.29 is 0 Å². The number of benzene rings is 1. The highest BCUT2D eigenvalue weighted by Gasteiger charge is 2.31. The molecule has 0 saturated carbocycles. The average molecular weight is 332 g/mol. The molecule has 0 aliphatic carbocycles. The van der Waals surface area contributed by atoms with Gasteiger partial charge in [0.15, 0.2) is 0 Å². The van der Waals surface area contributed by atoms with E-state index in [-0.39, 0.29) is 0 Å². The molecular weight excluding hydrogens is 302 g/mol. The second kappa shape index (κ2) is 7.45. The molecule has 1 unspecified atom stereocenters. The van der Waals surface area contributed by atoms with Crippen LogP contribution in [0.1, 0.15) is 19.3 Å². The Balaban J connectivity index is 1.25. The zero-order valence-corrected chi connectivity index (χ0v) is 14.9. The van der Waals surface area contributed by atoms with Crippen molar-refractivity contribution in [2.75, 3.05) is 55.7 Å². The standard InChI is InChI=1S/C19H29N3S/c1-2-4-17(5-3-1)21-11-13-22(14-12-21)18-6-9-20(10-7-18)19-8-15-23-16-19/h1-5,18-19H,6-16H2. The first-order valence-electron chi connectivity index (χ1n) is 9.26. The average Bonchev–Trinajstić information content (AvgIpc) is 3.18. The Hall–Kier alpha value is -0.710. The van der Waals surface area contributed by atoms with E-state index in [0.29, 0.717) is 0 Å². The number of piperidine rings is 1. The van der Waals surface area contributed by atoms with Gasteiger partial charge in [0.1, 0.15) is 0 Å². The number of likely N-dealkylation sites (tertiary alicyclic amines) is 1. The fourth-order valence-electron chi connectivity index (χ4n) is 4.41. The molecule has 126 valence electrons. The molecule has 0 bridgehead atoms. The third-order valence-electron chi connectivity index (χ3n) is 5.87. The van der Waals surface area contributed by atoms with Crippen LogP contribution < -0.4 is 4.90 Å². The third kappa shape index (κ3) is 3.70. The Morgan fingerprint density at radius 3 is 2.09 bits per heavy atom. The van der Waals surface area contributed by atoms with Crippen LogP contribution in [0, 0.1) is 0 Å². The monoisotopic (exact) mass is 331 g/mol. The summed E-state index contributed by atoms with van der Waals surface area (Å²) in [4.78, 5) is 8.08. The van der Waals surface area contributed by atoms with Crippen molar-refractivity contribution in [3.05, 3.63) is 30.3 Å². The molecule has 23 heavy (non-hydrogen) atoms.